The Hall–Kier alpha value is -0.350. The van der Waals surface area contributed by atoms with E-state index in [1.807, 2.05) is 0 Å². The van der Waals surface area contributed by atoms with Gasteiger partial charge in [-0.05, 0) is 6.42 Å². The minimum absolute atomic E-state index is 0.0532. The van der Waals surface area contributed by atoms with E-state index < -0.39 is 18.5 Å². The van der Waals surface area contributed by atoms with Gasteiger partial charge in [0.1, 0.15) is 0 Å². The molecule has 0 aromatic carbocycles. The van der Waals surface area contributed by atoms with E-state index in [9.17, 15) is 22.0 Å². The van der Waals surface area contributed by atoms with Crippen molar-refractivity contribution in [1.82, 2.24) is 0 Å². The fraction of sp³-hybridized carbons (Fsp3) is 1.00. The number of hydrogen-bond acceptors (Lipinski definition) is 0. The minimum Gasteiger partial charge on any atom is -0.196 e. The normalized spacial score (nSPS) is 12.9. The summed E-state index contributed by atoms with van der Waals surface area (Å²) in [5.41, 5.74) is 0. The summed E-state index contributed by atoms with van der Waals surface area (Å²) in [6.07, 6.45) is 2.68. The molecule has 0 bridgehead atoms. The van der Waals surface area contributed by atoms with Gasteiger partial charge in [-0.3, -0.25) is 0 Å². The van der Waals surface area contributed by atoms with Gasteiger partial charge >= 0.3 is 12.1 Å². The van der Waals surface area contributed by atoms with Crippen molar-refractivity contribution in [2.45, 2.75) is 89.7 Å². The molecular formula is C14H25F5. The third-order valence-electron chi connectivity index (χ3n) is 3.26. The third kappa shape index (κ3) is 9.22. The molecule has 0 saturated heterocycles. The van der Waals surface area contributed by atoms with E-state index in [2.05, 4.69) is 6.92 Å². The van der Waals surface area contributed by atoms with Gasteiger partial charge in [-0.1, -0.05) is 64.7 Å². The summed E-state index contributed by atoms with van der Waals surface area (Å²) < 4.78 is 60.7. The molecule has 0 rings (SSSR count). The van der Waals surface area contributed by atoms with Crippen LogP contribution in [0.15, 0.2) is 0 Å². The van der Waals surface area contributed by atoms with Crippen LogP contribution in [0.5, 0.6) is 0 Å². The Morgan fingerprint density at radius 2 is 0.947 bits per heavy atom. The van der Waals surface area contributed by atoms with E-state index in [0.717, 1.165) is 25.7 Å². The molecule has 0 heterocycles. The largest absolute Gasteiger partial charge is 0.453 e. The quantitative estimate of drug-likeness (QED) is 0.301. The van der Waals surface area contributed by atoms with Gasteiger partial charge in [0.05, 0.1) is 0 Å². The zero-order valence-corrected chi connectivity index (χ0v) is 11.7. The highest BCUT2D eigenvalue weighted by Gasteiger charge is 2.56. The van der Waals surface area contributed by atoms with Crippen LogP contribution in [-0.4, -0.2) is 12.1 Å². The molecule has 0 atom stereocenters. The second kappa shape index (κ2) is 9.54. The Balaban J connectivity index is 3.37. The van der Waals surface area contributed by atoms with Crippen molar-refractivity contribution < 1.29 is 22.0 Å². The van der Waals surface area contributed by atoms with Crippen molar-refractivity contribution in [1.29, 1.82) is 0 Å². The molecule has 0 N–H and O–H groups in total. The first-order valence-electron chi connectivity index (χ1n) is 7.26. The minimum atomic E-state index is -5.40. The average molecular weight is 288 g/mol. The number of halogens is 5. The highest BCUT2D eigenvalue weighted by molar-refractivity contribution is 4.75. The molecule has 0 amide bonds. The molecule has 0 nitrogen and oxygen atoms in total. The SMILES string of the molecule is CCCCCCCCCCCCC(F)(F)C(F)(F)F. The summed E-state index contributed by atoms with van der Waals surface area (Å²) in [7, 11) is 0. The first-order valence-corrected chi connectivity index (χ1v) is 7.26. The van der Waals surface area contributed by atoms with Crippen molar-refractivity contribution in [2.75, 3.05) is 0 Å². The smallest absolute Gasteiger partial charge is 0.196 e. The fourth-order valence-corrected chi connectivity index (χ4v) is 1.98. The molecule has 0 spiro atoms. The van der Waals surface area contributed by atoms with Crippen molar-refractivity contribution in [3.8, 4) is 0 Å². The Morgan fingerprint density at radius 1 is 0.579 bits per heavy atom. The van der Waals surface area contributed by atoms with Crippen LogP contribution in [0.3, 0.4) is 0 Å². The van der Waals surface area contributed by atoms with Crippen LogP contribution < -0.4 is 0 Å². The van der Waals surface area contributed by atoms with E-state index in [4.69, 9.17) is 0 Å². The molecule has 0 fully saturated rings. The molecule has 0 aliphatic rings. The maximum Gasteiger partial charge on any atom is 0.453 e. The zero-order valence-electron chi connectivity index (χ0n) is 11.7. The van der Waals surface area contributed by atoms with Crippen LogP contribution in [0.2, 0.25) is 0 Å². The molecule has 19 heavy (non-hydrogen) atoms. The lowest BCUT2D eigenvalue weighted by Gasteiger charge is -2.19. The zero-order chi connectivity index (χ0) is 14.8. The van der Waals surface area contributed by atoms with Crippen LogP contribution in [0.25, 0.3) is 0 Å². The van der Waals surface area contributed by atoms with Crippen LogP contribution >= 0.6 is 0 Å². The second-order valence-corrected chi connectivity index (χ2v) is 5.13. The van der Waals surface area contributed by atoms with Crippen molar-refractivity contribution in [2.24, 2.45) is 0 Å². The molecule has 0 aromatic heterocycles. The highest BCUT2D eigenvalue weighted by atomic mass is 19.4. The number of alkyl halides is 5. The topological polar surface area (TPSA) is 0 Å². The van der Waals surface area contributed by atoms with Gasteiger partial charge in [-0.15, -0.1) is 0 Å². The highest BCUT2D eigenvalue weighted by Crippen LogP contribution is 2.39. The number of rotatable bonds is 11. The summed E-state index contributed by atoms with van der Waals surface area (Å²) in [5, 5.41) is 0. The van der Waals surface area contributed by atoms with E-state index in [1.54, 1.807) is 0 Å². The van der Waals surface area contributed by atoms with Gasteiger partial charge in [-0.25, -0.2) is 0 Å². The Kier molecular flexibility index (Phi) is 9.36. The van der Waals surface area contributed by atoms with Gasteiger partial charge < -0.3 is 0 Å². The third-order valence-corrected chi connectivity index (χ3v) is 3.26. The summed E-state index contributed by atoms with van der Waals surface area (Å²) in [6, 6.07) is 0. The molecule has 0 aromatic rings. The van der Waals surface area contributed by atoms with Gasteiger partial charge in [-0.2, -0.15) is 22.0 Å². The maximum atomic E-state index is 12.6. The van der Waals surface area contributed by atoms with Gasteiger partial charge in [0.15, 0.2) is 0 Å². The van der Waals surface area contributed by atoms with E-state index in [-0.39, 0.29) is 6.42 Å². The predicted octanol–water partition coefficient (Wildman–Crippen LogP) is 6.50. The van der Waals surface area contributed by atoms with Gasteiger partial charge in [0.25, 0.3) is 0 Å². The lowest BCUT2D eigenvalue weighted by molar-refractivity contribution is -0.284. The molecule has 0 unspecified atom stereocenters. The van der Waals surface area contributed by atoms with Crippen LogP contribution in [0, 0.1) is 0 Å². The molecule has 0 radical (unpaired) electrons. The summed E-state index contributed by atoms with van der Waals surface area (Å²) in [6.45, 7) is 2.15. The molecular weight excluding hydrogens is 263 g/mol. The Labute approximate surface area is 112 Å². The van der Waals surface area contributed by atoms with Crippen molar-refractivity contribution in [3.63, 3.8) is 0 Å². The molecule has 116 valence electrons. The lowest BCUT2D eigenvalue weighted by atomic mass is 10.0. The van der Waals surface area contributed by atoms with Crippen molar-refractivity contribution in [3.05, 3.63) is 0 Å². The Bertz CT molecular complexity index is 210. The first kappa shape index (κ1) is 18.7. The lowest BCUT2D eigenvalue weighted by Crippen LogP contribution is -2.36. The van der Waals surface area contributed by atoms with Crippen LogP contribution in [-0.2, 0) is 0 Å². The maximum absolute atomic E-state index is 12.6. The monoisotopic (exact) mass is 288 g/mol. The summed E-state index contributed by atoms with van der Waals surface area (Å²) in [4.78, 5) is 0. The number of hydrogen-bond donors (Lipinski definition) is 0. The van der Waals surface area contributed by atoms with Crippen LogP contribution in [0.1, 0.15) is 77.6 Å². The van der Waals surface area contributed by atoms with E-state index in [0.29, 0.717) is 6.42 Å². The summed E-state index contributed by atoms with van der Waals surface area (Å²) in [5.74, 6) is -4.52. The fourth-order valence-electron chi connectivity index (χ4n) is 1.98. The van der Waals surface area contributed by atoms with Gasteiger partial charge in [0.2, 0.25) is 0 Å². The Morgan fingerprint density at radius 3 is 1.32 bits per heavy atom. The number of unbranched alkanes of at least 4 members (excludes halogenated alkanes) is 9. The first-order chi connectivity index (χ1) is 8.81. The van der Waals surface area contributed by atoms with Crippen LogP contribution in [0.4, 0.5) is 22.0 Å². The molecule has 5 heteroatoms. The van der Waals surface area contributed by atoms with E-state index in [1.165, 1.54) is 25.7 Å². The molecule has 0 aliphatic carbocycles. The standard InChI is InChI=1S/C14H25F5/c1-2-3-4-5-6-7-8-9-10-11-12-13(15,16)14(17,18)19/h2-12H2,1H3. The predicted molar refractivity (Wildman–Crippen MR) is 67.5 cm³/mol. The second-order valence-electron chi connectivity index (χ2n) is 5.13. The molecule has 0 aliphatic heterocycles. The summed E-state index contributed by atoms with van der Waals surface area (Å²) >= 11 is 0. The molecule has 0 saturated carbocycles. The average Bonchev–Trinajstić information content (AvgIpc) is 2.30. The van der Waals surface area contributed by atoms with E-state index >= 15 is 0 Å². The van der Waals surface area contributed by atoms with Gasteiger partial charge in [0, 0.05) is 6.42 Å². The van der Waals surface area contributed by atoms with Crippen molar-refractivity contribution >= 4 is 0 Å².